The number of halogens is 5. The molecule has 2 aliphatic rings. The van der Waals surface area contributed by atoms with Crippen molar-refractivity contribution in [2.24, 2.45) is 0 Å². The minimum atomic E-state index is -4.21. The van der Waals surface area contributed by atoms with Gasteiger partial charge >= 0.3 is 6.18 Å². The number of fused-ring (bicyclic) bond motifs is 1. The van der Waals surface area contributed by atoms with E-state index in [2.05, 4.69) is 22.2 Å². The summed E-state index contributed by atoms with van der Waals surface area (Å²) < 4.78 is 42.4. The third-order valence-electron chi connectivity index (χ3n) is 4.05. The van der Waals surface area contributed by atoms with Gasteiger partial charge in [0.2, 0.25) is 5.88 Å². The van der Waals surface area contributed by atoms with Crippen molar-refractivity contribution in [1.29, 1.82) is 0 Å². The maximum Gasteiger partial charge on any atom is 0.392 e. The van der Waals surface area contributed by atoms with Crippen LogP contribution in [0.15, 0.2) is 0 Å². The molecule has 1 atom stereocenters. The van der Waals surface area contributed by atoms with E-state index in [0.29, 0.717) is 18.2 Å². The lowest BCUT2D eigenvalue weighted by Crippen LogP contribution is -2.18. The topological polar surface area (TPSA) is 47.0 Å². The number of rotatable bonds is 4. The number of aromatic nitrogens is 2. The molecule has 1 aliphatic carbocycles. The minimum Gasteiger partial charge on any atom is -0.477 e. The zero-order valence-corrected chi connectivity index (χ0v) is 15.0. The van der Waals surface area contributed by atoms with Crippen LogP contribution in [-0.2, 0) is 6.42 Å². The highest BCUT2D eigenvalue weighted by molar-refractivity contribution is 5.85. The first kappa shape index (κ1) is 21.3. The Morgan fingerprint density at radius 3 is 2.54 bits per heavy atom. The van der Waals surface area contributed by atoms with Crippen LogP contribution in [0.3, 0.4) is 0 Å². The van der Waals surface area contributed by atoms with Crippen LogP contribution in [0.1, 0.15) is 55.1 Å². The highest BCUT2D eigenvalue weighted by Gasteiger charge is 2.31. The van der Waals surface area contributed by atoms with Gasteiger partial charge in [0.15, 0.2) is 0 Å². The summed E-state index contributed by atoms with van der Waals surface area (Å²) in [7, 11) is 0. The van der Waals surface area contributed by atoms with Gasteiger partial charge in [-0.3, -0.25) is 0 Å². The highest BCUT2D eigenvalue weighted by Crippen LogP contribution is 2.40. The molecule has 0 aromatic carbocycles. The summed E-state index contributed by atoms with van der Waals surface area (Å²) in [4.78, 5) is 9.10. The van der Waals surface area contributed by atoms with Crippen LogP contribution in [0, 0.1) is 0 Å². The number of nitrogens with one attached hydrogen (secondary N) is 1. The van der Waals surface area contributed by atoms with Crippen molar-refractivity contribution in [2.75, 3.05) is 19.7 Å². The molecule has 1 aromatic heterocycles. The van der Waals surface area contributed by atoms with E-state index in [1.165, 1.54) is 0 Å². The van der Waals surface area contributed by atoms with Gasteiger partial charge in [-0.1, -0.05) is 6.92 Å². The van der Waals surface area contributed by atoms with Crippen LogP contribution in [-0.4, -0.2) is 35.8 Å². The molecule has 1 N–H and O–H groups in total. The molecule has 24 heavy (non-hydrogen) atoms. The number of alkyl halides is 3. The third kappa shape index (κ3) is 5.36. The average Bonchev–Trinajstić information content (AvgIpc) is 3.26. The molecule has 1 fully saturated rings. The summed E-state index contributed by atoms with van der Waals surface area (Å²) in [6.45, 7) is 3.26. The predicted molar refractivity (Wildman–Crippen MR) is 89.7 cm³/mol. The fourth-order valence-corrected chi connectivity index (χ4v) is 2.68. The van der Waals surface area contributed by atoms with Crippen LogP contribution >= 0.6 is 24.8 Å². The van der Waals surface area contributed by atoms with Crippen LogP contribution in [0.2, 0.25) is 0 Å². The quantitative estimate of drug-likeness (QED) is 0.853. The van der Waals surface area contributed by atoms with Crippen molar-refractivity contribution in [2.45, 2.75) is 50.6 Å². The number of nitrogens with zero attached hydrogens (tertiary/aromatic N) is 2. The predicted octanol–water partition coefficient (Wildman–Crippen LogP) is 3.78. The third-order valence-corrected chi connectivity index (χ3v) is 4.05. The van der Waals surface area contributed by atoms with Gasteiger partial charge in [0.25, 0.3) is 0 Å². The average molecular weight is 388 g/mol. The normalized spacial score (nSPS) is 20.2. The first-order valence-electron chi connectivity index (χ1n) is 7.75. The number of hydrogen-bond acceptors (Lipinski definition) is 4. The summed E-state index contributed by atoms with van der Waals surface area (Å²) >= 11 is 0. The molecular weight excluding hydrogens is 366 g/mol. The molecule has 0 spiro atoms. The summed E-state index contributed by atoms with van der Waals surface area (Å²) in [5.41, 5.74) is 1.80. The maximum absolute atomic E-state index is 12.3. The van der Waals surface area contributed by atoms with E-state index in [4.69, 9.17) is 4.74 Å². The van der Waals surface area contributed by atoms with Crippen LogP contribution in [0.25, 0.3) is 0 Å². The second-order valence-corrected chi connectivity index (χ2v) is 6.09. The fraction of sp³-hybridized carbons (Fsp3) is 0.733. The SMILES string of the molecule is CC1CNCCc2c(OCCC(F)(F)F)nc(C3CC3)nc21.Cl.Cl. The Morgan fingerprint density at radius 2 is 1.92 bits per heavy atom. The minimum absolute atomic E-state index is 0. The first-order chi connectivity index (χ1) is 10.4. The number of ether oxygens (including phenoxy) is 1. The zero-order valence-electron chi connectivity index (χ0n) is 13.4. The fourth-order valence-electron chi connectivity index (χ4n) is 2.68. The van der Waals surface area contributed by atoms with Gasteiger partial charge in [-0.15, -0.1) is 24.8 Å². The summed E-state index contributed by atoms with van der Waals surface area (Å²) in [5, 5.41) is 3.31. The van der Waals surface area contributed by atoms with Gasteiger partial charge < -0.3 is 10.1 Å². The molecule has 138 valence electrons. The summed E-state index contributed by atoms with van der Waals surface area (Å²) in [5.74, 6) is 1.64. The molecule has 9 heteroatoms. The molecule has 1 aromatic rings. The van der Waals surface area contributed by atoms with Crippen molar-refractivity contribution < 1.29 is 17.9 Å². The van der Waals surface area contributed by atoms with Crippen molar-refractivity contribution in [3.63, 3.8) is 0 Å². The molecule has 1 saturated carbocycles. The van der Waals surface area contributed by atoms with Gasteiger partial charge in [0, 0.05) is 23.9 Å². The van der Waals surface area contributed by atoms with Gasteiger partial charge in [-0.25, -0.2) is 4.98 Å². The Bertz CT molecular complexity index is 554. The summed E-state index contributed by atoms with van der Waals surface area (Å²) in [6, 6.07) is 0. The van der Waals surface area contributed by atoms with Crippen molar-refractivity contribution in [3.05, 3.63) is 17.1 Å². The molecule has 1 unspecified atom stereocenters. The van der Waals surface area contributed by atoms with Crippen molar-refractivity contribution in [1.82, 2.24) is 15.3 Å². The molecule has 0 amide bonds. The lowest BCUT2D eigenvalue weighted by Gasteiger charge is -2.17. The molecule has 3 rings (SSSR count). The smallest absolute Gasteiger partial charge is 0.392 e. The van der Waals surface area contributed by atoms with Gasteiger partial charge in [0.05, 0.1) is 18.7 Å². The van der Waals surface area contributed by atoms with E-state index in [0.717, 1.165) is 43.0 Å². The van der Waals surface area contributed by atoms with Crippen LogP contribution in [0.4, 0.5) is 13.2 Å². The van der Waals surface area contributed by atoms with Gasteiger partial charge in [0.1, 0.15) is 5.82 Å². The Morgan fingerprint density at radius 1 is 1.21 bits per heavy atom. The second kappa shape index (κ2) is 8.54. The molecule has 2 heterocycles. The van der Waals surface area contributed by atoms with Crippen molar-refractivity contribution in [3.8, 4) is 5.88 Å². The monoisotopic (exact) mass is 387 g/mol. The lowest BCUT2D eigenvalue weighted by atomic mass is 10.0. The zero-order chi connectivity index (χ0) is 15.7. The molecule has 0 saturated heterocycles. The van der Waals surface area contributed by atoms with E-state index >= 15 is 0 Å². The van der Waals surface area contributed by atoms with E-state index in [9.17, 15) is 13.2 Å². The van der Waals surface area contributed by atoms with Crippen LogP contribution < -0.4 is 10.1 Å². The number of hydrogen-bond donors (Lipinski definition) is 1. The Labute approximate surface area is 151 Å². The van der Waals surface area contributed by atoms with E-state index < -0.39 is 19.2 Å². The Hall–Kier alpha value is -0.790. The lowest BCUT2D eigenvalue weighted by molar-refractivity contribution is -0.139. The van der Waals surface area contributed by atoms with Gasteiger partial charge in [-0.05, 0) is 25.8 Å². The Balaban J connectivity index is 0.00000144. The molecule has 4 nitrogen and oxygen atoms in total. The molecule has 0 radical (unpaired) electrons. The molecule has 0 bridgehead atoms. The second-order valence-electron chi connectivity index (χ2n) is 6.09. The first-order valence-corrected chi connectivity index (χ1v) is 7.75. The van der Waals surface area contributed by atoms with E-state index in [1.807, 2.05) is 0 Å². The highest BCUT2D eigenvalue weighted by atomic mass is 35.5. The molecular formula is C15H22Cl2F3N3O. The van der Waals surface area contributed by atoms with Crippen molar-refractivity contribution >= 4 is 24.8 Å². The summed E-state index contributed by atoms with van der Waals surface area (Å²) in [6.07, 6.45) is -2.39. The maximum atomic E-state index is 12.3. The largest absolute Gasteiger partial charge is 0.477 e. The van der Waals surface area contributed by atoms with Crippen LogP contribution in [0.5, 0.6) is 5.88 Å². The molecule has 1 aliphatic heterocycles. The van der Waals surface area contributed by atoms with E-state index in [-0.39, 0.29) is 30.7 Å². The Kier molecular flexibility index (Phi) is 7.56. The van der Waals surface area contributed by atoms with Gasteiger partial charge in [-0.2, -0.15) is 18.2 Å². The van der Waals surface area contributed by atoms with E-state index in [1.54, 1.807) is 0 Å². The standard InChI is InChI=1S/C15H20F3N3O.2ClH/c1-9-8-19-6-4-11-12(9)20-13(10-2-3-10)21-14(11)22-7-5-15(16,17)18;;/h9-10,19H,2-8H2,1H3;2*1H.